The second-order valence-corrected chi connectivity index (χ2v) is 6.05. The number of carbonyl (C=O) groups is 1. The van der Waals surface area contributed by atoms with E-state index in [4.69, 9.17) is 5.11 Å². The van der Waals surface area contributed by atoms with Crippen molar-refractivity contribution in [1.29, 1.82) is 0 Å². The van der Waals surface area contributed by atoms with Gasteiger partial charge >= 0.3 is 5.97 Å². The van der Waals surface area contributed by atoms with Crippen LogP contribution >= 0.6 is 0 Å². The Balaban J connectivity index is 1.50. The van der Waals surface area contributed by atoms with Gasteiger partial charge in [0.1, 0.15) is 0 Å². The van der Waals surface area contributed by atoms with Crippen molar-refractivity contribution in [3.05, 3.63) is 29.3 Å². The zero-order valence-corrected chi connectivity index (χ0v) is 12.2. The highest BCUT2D eigenvalue weighted by molar-refractivity contribution is 5.84. The Morgan fingerprint density at radius 3 is 2.82 bits per heavy atom. The van der Waals surface area contributed by atoms with Crippen LogP contribution in [-0.2, 0) is 6.54 Å². The number of carboxylic acid groups (broad SMARTS) is 1. The number of carboxylic acids is 1. The molecular formula is C14H16N6O2. The molecule has 1 saturated carbocycles. The summed E-state index contributed by atoms with van der Waals surface area (Å²) in [6, 6.07) is 0. The standard InChI is InChI=1S/C14H16N6O2/c1-8-11(6-20-7-12(13(21)22)17-18-20)3-15-14(16-8)19-4-9-2-10(9)5-19/h3,7,9-10H,2,4-6H2,1H3,(H,21,22). The summed E-state index contributed by atoms with van der Waals surface area (Å²) in [6.45, 7) is 4.48. The molecule has 4 rings (SSSR count). The Hall–Kier alpha value is -2.51. The molecule has 2 fully saturated rings. The topological polar surface area (TPSA) is 97.0 Å². The zero-order chi connectivity index (χ0) is 15.3. The summed E-state index contributed by atoms with van der Waals surface area (Å²) in [7, 11) is 0. The van der Waals surface area contributed by atoms with E-state index in [2.05, 4.69) is 25.2 Å². The van der Waals surface area contributed by atoms with Gasteiger partial charge < -0.3 is 10.0 Å². The third-order valence-electron chi connectivity index (χ3n) is 4.42. The minimum Gasteiger partial charge on any atom is -0.476 e. The Kier molecular flexibility index (Phi) is 2.85. The van der Waals surface area contributed by atoms with Gasteiger partial charge in [0.05, 0.1) is 12.7 Å². The van der Waals surface area contributed by atoms with Crippen LogP contribution in [0.1, 0.15) is 28.2 Å². The second kappa shape index (κ2) is 4.75. The number of hydrogen-bond acceptors (Lipinski definition) is 6. The number of aryl methyl sites for hydroxylation is 1. The number of anilines is 1. The molecule has 1 N–H and O–H groups in total. The Labute approximate surface area is 126 Å². The molecule has 2 aromatic rings. The van der Waals surface area contributed by atoms with Gasteiger partial charge in [-0.1, -0.05) is 5.21 Å². The largest absolute Gasteiger partial charge is 0.476 e. The van der Waals surface area contributed by atoms with Gasteiger partial charge in [-0.25, -0.2) is 19.4 Å². The van der Waals surface area contributed by atoms with Gasteiger partial charge in [0, 0.05) is 30.5 Å². The first kappa shape index (κ1) is 13.2. The maximum absolute atomic E-state index is 10.8. The van der Waals surface area contributed by atoms with Crippen LogP contribution in [0.4, 0.5) is 5.95 Å². The molecule has 0 amide bonds. The lowest BCUT2D eigenvalue weighted by molar-refractivity contribution is 0.0690. The fourth-order valence-electron chi connectivity index (χ4n) is 3.00. The molecule has 22 heavy (non-hydrogen) atoms. The molecule has 8 heteroatoms. The minimum absolute atomic E-state index is 0.0634. The van der Waals surface area contributed by atoms with Gasteiger partial charge in [0.15, 0.2) is 5.69 Å². The van der Waals surface area contributed by atoms with Gasteiger partial charge in [-0.05, 0) is 25.2 Å². The summed E-state index contributed by atoms with van der Waals surface area (Å²) in [5, 5.41) is 16.3. The van der Waals surface area contributed by atoms with Crippen molar-refractivity contribution >= 4 is 11.9 Å². The first-order chi connectivity index (χ1) is 10.6. The number of fused-ring (bicyclic) bond motifs is 1. The Morgan fingerprint density at radius 1 is 1.41 bits per heavy atom. The predicted molar refractivity (Wildman–Crippen MR) is 76.7 cm³/mol. The zero-order valence-electron chi connectivity index (χ0n) is 12.2. The molecule has 1 aliphatic carbocycles. The summed E-state index contributed by atoms with van der Waals surface area (Å²) in [5.41, 5.74) is 1.74. The summed E-state index contributed by atoms with van der Waals surface area (Å²) in [4.78, 5) is 22.1. The van der Waals surface area contributed by atoms with Gasteiger partial charge in [-0.3, -0.25) is 0 Å². The molecule has 2 aromatic heterocycles. The van der Waals surface area contributed by atoms with Crippen molar-refractivity contribution in [2.75, 3.05) is 18.0 Å². The van der Waals surface area contributed by atoms with Crippen LogP contribution in [0.3, 0.4) is 0 Å². The highest BCUT2D eigenvalue weighted by Gasteiger charge is 2.45. The van der Waals surface area contributed by atoms with Crippen molar-refractivity contribution in [3.63, 3.8) is 0 Å². The second-order valence-electron chi connectivity index (χ2n) is 6.05. The summed E-state index contributed by atoms with van der Waals surface area (Å²) < 4.78 is 1.49. The van der Waals surface area contributed by atoms with Crippen LogP contribution in [0.25, 0.3) is 0 Å². The van der Waals surface area contributed by atoms with E-state index in [0.29, 0.717) is 6.54 Å². The van der Waals surface area contributed by atoms with Crippen LogP contribution < -0.4 is 4.90 Å². The van der Waals surface area contributed by atoms with E-state index < -0.39 is 5.97 Å². The molecule has 1 saturated heterocycles. The van der Waals surface area contributed by atoms with E-state index >= 15 is 0 Å². The van der Waals surface area contributed by atoms with Crippen molar-refractivity contribution in [2.45, 2.75) is 19.9 Å². The molecule has 2 aliphatic rings. The minimum atomic E-state index is -1.08. The van der Waals surface area contributed by atoms with E-state index in [1.165, 1.54) is 17.3 Å². The number of aromatic carboxylic acids is 1. The molecule has 0 spiro atoms. The van der Waals surface area contributed by atoms with Gasteiger partial charge in [-0.15, -0.1) is 5.10 Å². The number of hydrogen-bond donors (Lipinski definition) is 1. The third-order valence-corrected chi connectivity index (χ3v) is 4.42. The molecule has 0 radical (unpaired) electrons. The number of nitrogens with zero attached hydrogens (tertiary/aromatic N) is 6. The fourth-order valence-corrected chi connectivity index (χ4v) is 3.00. The normalized spacial score (nSPS) is 22.7. The van der Waals surface area contributed by atoms with Crippen molar-refractivity contribution in [2.24, 2.45) is 11.8 Å². The number of piperidine rings is 1. The van der Waals surface area contributed by atoms with E-state index in [-0.39, 0.29) is 5.69 Å². The lowest BCUT2D eigenvalue weighted by atomic mass is 10.2. The Morgan fingerprint density at radius 2 is 2.18 bits per heavy atom. The van der Waals surface area contributed by atoms with Crippen molar-refractivity contribution < 1.29 is 9.90 Å². The predicted octanol–water partition coefficient (Wildman–Crippen LogP) is 0.579. The number of aromatic nitrogens is 5. The highest BCUT2D eigenvalue weighted by atomic mass is 16.4. The first-order valence-electron chi connectivity index (χ1n) is 7.31. The lowest BCUT2D eigenvalue weighted by Gasteiger charge is -2.18. The molecular weight excluding hydrogens is 284 g/mol. The van der Waals surface area contributed by atoms with Crippen LogP contribution in [0, 0.1) is 18.8 Å². The van der Waals surface area contributed by atoms with Crippen LogP contribution in [-0.4, -0.2) is 49.1 Å². The van der Waals surface area contributed by atoms with E-state index in [9.17, 15) is 4.79 Å². The third kappa shape index (κ3) is 2.30. The molecule has 0 bridgehead atoms. The van der Waals surface area contributed by atoms with Crippen LogP contribution in [0.15, 0.2) is 12.4 Å². The maximum atomic E-state index is 10.8. The molecule has 3 heterocycles. The summed E-state index contributed by atoms with van der Waals surface area (Å²) >= 11 is 0. The molecule has 8 nitrogen and oxygen atoms in total. The SMILES string of the molecule is Cc1nc(N2CC3CC3C2)ncc1Cn1cc(C(=O)O)nn1. The molecule has 2 unspecified atom stereocenters. The van der Waals surface area contributed by atoms with Crippen molar-refractivity contribution in [3.8, 4) is 0 Å². The summed E-state index contributed by atoms with van der Waals surface area (Å²) in [6.07, 6.45) is 4.55. The molecule has 2 atom stereocenters. The molecule has 114 valence electrons. The average Bonchev–Trinajstić information content (AvgIpc) is 2.89. The molecule has 1 aliphatic heterocycles. The van der Waals surface area contributed by atoms with Crippen LogP contribution in [0.2, 0.25) is 0 Å². The van der Waals surface area contributed by atoms with E-state index in [1.807, 2.05) is 6.92 Å². The van der Waals surface area contributed by atoms with Crippen LogP contribution in [0.5, 0.6) is 0 Å². The fraction of sp³-hybridized carbons (Fsp3) is 0.500. The van der Waals surface area contributed by atoms with Crippen molar-refractivity contribution in [1.82, 2.24) is 25.0 Å². The monoisotopic (exact) mass is 300 g/mol. The first-order valence-corrected chi connectivity index (χ1v) is 7.31. The van der Waals surface area contributed by atoms with Gasteiger partial charge in [0.25, 0.3) is 0 Å². The van der Waals surface area contributed by atoms with E-state index in [0.717, 1.165) is 42.1 Å². The summed E-state index contributed by atoms with van der Waals surface area (Å²) in [5.74, 6) is 1.39. The number of rotatable bonds is 4. The van der Waals surface area contributed by atoms with Gasteiger partial charge in [0.2, 0.25) is 5.95 Å². The lowest BCUT2D eigenvalue weighted by Crippen LogP contribution is -2.24. The maximum Gasteiger partial charge on any atom is 0.358 e. The quantitative estimate of drug-likeness (QED) is 0.882. The van der Waals surface area contributed by atoms with E-state index in [1.54, 1.807) is 6.20 Å². The van der Waals surface area contributed by atoms with Gasteiger partial charge in [-0.2, -0.15) is 0 Å². The smallest absolute Gasteiger partial charge is 0.358 e. The average molecular weight is 300 g/mol. The highest BCUT2D eigenvalue weighted by Crippen LogP contribution is 2.45. The molecule has 0 aromatic carbocycles. The Bertz CT molecular complexity index is 733.